The van der Waals surface area contributed by atoms with Gasteiger partial charge in [-0.3, -0.25) is 9.11 Å². The molecule has 0 aromatic rings. The highest BCUT2D eigenvalue weighted by Crippen LogP contribution is 2.01. The first-order valence-corrected chi connectivity index (χ1v) is 7.79. The van der Waals surface area contributed by atoms with Crippen molar-refractivity contribution in [3.8, 4) is 0 Å². The maximum atomic E-state index is 9.51. The van der Waals surface area contributed by atoms with Gasteiger partial charge in [0.15, 0.2) is 0 Å². The van der Waals surface area contributed by atoms with E-state index >= 15 is 0 Å². The lowest BCUT2D eigenvalue weighted by atomic mass is 10.2. The van der Waals surface area contributed by atoms with E-state index in [-0.39, 0.29) is 12.3 Å². The van der Waals surface area contributed by atoms with Crippen molar-refractivity contribution in [1.29, 1.82) is 0 Å². The van der Waals surface area contributed by atoms with E-state index in [1.165, 1.54) is 32.1 Å². The molecule has 12 heteroatoms. The molecule has 0 saturated heterocycles. The van der Waals surface area contributed by atoms with Gasteiger partial charge in [0, 0.05) is 0 Å². The van der Waals surface area contributed by atoms with Gasteiger partial charge in [-0.05, 0) is 12.8 Å². The second-order valence-corrected chi connectivity index (χ2v) is 5.11. The van der Waals surface area contributed by atoms with Gasteiger partial charge in [-0.1, -0.05) is 40.9 Å². The summed E-state index contributed by atoms with van der Waals surface area (Å²) in [7, 11) is -10.0. The molecule has 0 aliphatic carbocycles. The summed E-state index contributed by atoms with van der Waals surface area (Å²) in [5.74, 6) is 0. The van der Waals surface area contributed by atoms with Crippen LogP contribution in [-0.4, -0.2) is 25.9 Å². The molecule has 0 aromatic carbocycles. The SMILES string of the molecule is C=CCCCCCC.N.N.O=S(=O)(O)OOS(=O)(=O)O. The molecule has 126 valence electrons. The molecule has 0 aromatic heterocycles. The maximum Gasteiger partial charge on any atom is 0.425 e. The van der Waals surface area contributed by atoms with Crippen molar-refractivity contribution >= 4 is 20.8 Å². The van der Waals surface area contributed by atoms with Gasteiger partial charge in [0.25, 0.3) is 0 Å². The Balaban J connectivity index is -0.000000119. The predicted octanol–water partition coefficient (Wildman–Crippen LogP) is 2.01. The van der Waals surface area contributed by atoms with Crippen LogP contribution in [0.3, 0.4) is 0 Å². The minimum atomic E-state index is -5.02. The second-order valence-electron chi connectivity index (χ2n) is 3.13. The molecule has 10 nitrogen and oxygen atoms in total. The van der Waals surface area contributed by atoms with Crippen LogP contribution in [-0.2, 0) is 29.5 Å². The molecule has 0 saturated carbocycles. The Morgan fingerprint density at radius 2 is 1.35 bits per heavy atom. The first-order chi connectivity index (χ1) is 8.12. The first-order valence-electron chi connectivity index (χ1n) is 5.06. The van der Waals surface area contributed by atoms with Crippen LogP contribution in [0.15, 0.2) is 12.7 Å². The maximum absolute atomic E-state index is 9.51. The van der Waals surface area contributed by atoms with Gasteiger partial charge in [-0.15, -0.1) is 6.58 Å². The normalized spacial score (nSPS) is 10.3. The average molecular weight is 340 g/mol. The summed E-state index contributed by atoms with van der Waals surface area (Å²) in [6.07, 6.45) is 8.61. The van der Waals surface area contributed by atoms with Crippen molar-refractivity contribution in [2.45, 2.75) is 39.0 Å². The second kappa shape index (κ2) is 14.8. The highest BCUT2D eigenvalue weighted by atomic mass is 32.3. The Hall–Kier alpha value is -0.600. The number of hydrogen-bond acceptors (Lipinski definition) is 8. The number of hydrogen-bond donors (Lipinski definition) is 4. The summed E-state index contributed by atoms with van der Waals surface area (Å²) < 4.78 is 58.9. The molecular formula is C8H24N2O8S2. The lowest BCUT2D eigenvalue weighted by molar-refractivity contribution is -0.105. The van der Waals surface area contributed by atoms with Gasteiger partial charge < -0.3 is 12.3 Å². The summed E-state index contributed by atoms with van der Waals surface area (Å²) in [4.78, 5) is 0. The summed E-state index contributed by atoms with van der Waals surface area (Å²) in [5.41, 5.74) is 0. The number of unbranched alkanes of at least 4 members (excludes halogenated alkanes) is 4. The fourth-order valence-electron chi connectivity index (χ4n) is 0.786. The third kappa shape index (κ3) is 36.0. The van der Waals surface area contributed by atoms with E-state index in [9.17, 15) is 16.8 Å². The molecule has 0 spiro atoms. The van der Waals surface area contributed by atoms with Crippen molar-refractivity contribution in [3.05, 3.63) is 12.7 Å². The average Bonchev–Trinajstić information content (AvgIpc) is 2.21. The van der Waals surface area contributed by atoms with E-state index in [0.717, 1.165) is 0 Å². The summed E-state index contributed by atoms with van der Waals surface area (Å²) >= 11 is 0. The van der Waals surface area contributed by atoms with Gasteiger partial charge in [-0.25, -0.2) is 0 Å². The lowest BCUT2D eigenvalue weighted by Gasteiger charge is -1.92. The molecule has 0 aliphatic heterocycles. The van der Waals surface area contributed by atoms with E-state index in [4.69, 9.17) is 9.11 Å². The molecule has 0 fully saturated rings. The van der Waals surface area contributed by atoms with Crippen molar-refractivity contribution in [3.63, 3.8) is 0 Å². The van der Waals surface area contributed by atoms with Gasteiger partial charge in [-0.2, -0.15) is 16.8 Å². The Morgan fingerprint density at radius 1 is 0.950 bits per heavy atom. The fourth-order valence-corrected chi connectivity index (χ4v) is 1.35. The van der Waals surface area contributed by atoms with Crippen molar-refractivity contribution in [2.75, 3.05) is 0 Å². The Morgan fingerprint density at radius 3 is 1.60 bits per heavy atom. The third-order valence-electron chi connectivity index (χ3n) is 1.46. The van der Waals surface area contributed by atoms with E-state index < -0.39 is 20.8 Å². The van der Waals surface area contributed by atoms with Crippen LogP contribution in [0.5, 0.6) is 0 Å². The zero-order valence-electron chi connectivity index (χ0n) is 11.4. The van der Waals surface area contributed by atoms with E-state index in [2.05, 4.69) is 22.2 Å². The molecule has 8 N–H and O–H groups in total. The van der Waals surface area contributed by atoms with Crippen LogP contribution in [0, 0.1) is 0 Å². The molecule has 0 heterocycles. The topological polar surface area (TPSA) is 197 Å². The first kappa shape index (κ1) is 27.7. The van der Waals surface area contributed by atoms with Crippen LogP contribution in [0.2, 0.25) is 0 Å². The molecule has 0 amide bonds. The Bertz CT molecular complexity index is 374. The van der Waals surface area contributed by atoms with E-state index in [0.29, 0.717) is 0 Å². The summed E-state index contributed by atoms with van der Waals surface area (Å²) in [5, 5.41) is 0. The van der Waals surface area contributed by atoms with Gasteiger partial charge >= 0.3 is 20.8 Å². The summed E-state index contributed by atoms with van der Waals surface area (Å²) in [6, 6.07) is 0. The van der Waals surface area contributed by atoms with Crippen molar-refractivity contribution in [2.24, 2.45) is 0 Å². The van der Waals surface area contributed by atoms with E-state index in [1.54, 1.807) is 0 Å². The fraction of sp³-hybridized carbons (Fsp3) is 0.750. The van der Waals surface area contributed by atoms with E-state index in [1.807, 2.05) is 6.08 Å². The largest absolute Gasteiger partial charge is 0.425 e. The highest BCUT2D eigenvalue weighted by molar-refractivity contribution is 7.83. The Labute approximate surface area is 120 Å². The van der Waals surface area contributed by atoms with Crippen LogP contribution < -0.4 is 12.3 Å². The zero-order chi connectivity index (χ0) is 14.7. The Kier molecular flexibility index (Phi) is 20.5. The minimum Gasteiger partial charge on any atom is -0.344 e. The zero-order valence-corrected chi connectivity index (χ0v) is 13.0. The predicted molar refractivity (Wildman–Crippen MR) is 74.3 cm³/mol. The molecular weight excluding hydrogens is 316 g/mol. The summed E-state index contributed by atoms with van der Waals surface area (Å²) in [6.45, 7) is 5.89. The molecule has 0 aliphatic rings. The van der Waals surface area contributed by atoms with Crippen molar-refractivity contribution in [1.82, 2.24) is 12.3 Å². The smallest absolute Gasteiger partial charge is 0.344 e. The van der Waals surface area contributed by atoms with Crippen LogP contribution in [0.4, 0.5) is 0 Å². The monoisotopic (exact) mass is 340 g/mol. The standard InChI is InChI=1S/C8H16.2H3N.H2O8S2/c1-3-5-7-8-6-4-2;;;1-9(2,3)7-8-10(4,5)6/h3H,1,4-8H2,2H3;2*1H3;(H,1,2,3)(H,4,5,6). The van der Waals surface area contributed by atoms with Gasteiger partial charge in [0.1, 0.15) is 0 Å². The molecule has 0 bridgehead atoms. The highest BCUT2D eigenvalue weighted by Gasteiger charge is 2.13. The van der Waals surface area contributed by atoms with Crippen molar-refractivity contribution < 1.29 is 34.6 Å². The van der Waals surface area contributed by atoms with Gasteiger partial charge in [0.05, 0.1) is 0 Å². The van der Waals surface area contributed by atoms with Crippen LogP contribution >= 0.6 is 0 Å². The van der Waals surface area contributed by atoms with Crippen LogP contribution in [0.1, 0.15) is 39.0 Å². The molecule has 20 heavy (non-hydrogen) atoms. The molecule has 0 radical (unpaired) electrons. The number of allylic oxidation sites excluding steroid dienone is 1. The molecule has 0 rings (SSSR count). The number of rotatable bonds is 8. The third-order valence-corrected chi connectivity index (χ3v) is 2.03. The quantitative estimate of drug-likeness (QED) is 0.166. The van der Waals surface area contributed by atoms with Crippen LogP contribution in [0.25, 0.3) is 0 Å². The minimum absolute atomic E-state index is 0. The van der Waals surface area contributed by atoms with Gasteiger partial charge in [0.2, 0.25) is 0 Å². The lowest BCUT2D eigenvalue weighted by Crippen LogP contribution is -2.10. The molecule has 0 unspecified atom stereocenters. The molecule has 0 atom stereocenters.